The third kappa shape index (κ3) is 3.86. The smallest absolute Gasteiger partial charge is 0.176 e. The molecule has 1 heterocycles. The van der Waals surface area contributed by atoms with Gasteiger partial charge in [-0.25, -0.2) is 9.37 Å². The quantitative estimate of drug-likeness (QED) is 0.757. The number of aromatic nitrogens is 1. The Morgan fingerprint density at radius 3 is 2.53 bits per heavy atom. The molecule has 0 saturated heterocycles. The Labute approximate surface area is 105 Å². The van der Waals surface area contributed by atoms with Gasteiger partial charge in [-0.05, 0) is 36.8 Å². The molecule has 0 atom stereocenters. The molecular formula is C14H15FNS+. The topological polar surface area (TPSA) is 14.1 Å². The van der Waals surface area contributed by atoms with Crippen molar-refractivity contribution in [2.24, 2.45) is 0 Å². The molecule has 0 aliphatic carbocycles. The fraction of sp³-hybridized carbons (Fsp3) is 0.214. The average molecular weight is 248 g/mol. The highest BCUT2D eigenvalue weighted by molar-refractivity contribution is 7.99. The summed E-state index contributed by atoms with van der Waals surface area (Å²) in [7, 11) is 0. The van der Waals surface area contributed by atoms with E-state index in [4.69, 9.17) is 0 Å². The molecule has 0 aliphatic heterocycles. The first kappa shape index (κ1) is 12.1. The van der Waals surface area contributed by atoms with E-state index in [0.29, 0.717) is 0 Å². The summed E-state index contributed by atoms with van der Waals surface area (Å²) in [6.45, 7) is 2.04. The van der Waals surface area contributed by atoms with Gasteiger partial charge in [-0.1, -0.05) is 0 Å². The van der Waals surface area contributed by atoms with Crippen molar-refractivity contribution < 1.29 is 9.37 Å². The van der Waals surface area contributed by atoms with Crippen LogP contribution in [0.15, 0.2) is 47.5 Å². The van der Waals surface area contributed by atoms with Gasteiger partial charge in [-0.3, -0.25) is 0 Å². The summed E-state index contributed by atoms with van der Waals surface area (Å²) in [4.78, 5) is 4.31. The van der Waals surface area contributed by atoms with Gasteiger partial charge in [-0.2, -0.15) is 0 Å². The van der Waals surface area contributed by atoms with Gasteiger partial charge >= 0.3 is 0 Å². The molecule has 0 unspecified atom stereocenters. The van der Waals surface area contributed by atoms with Crippen LogP contribution in [-0.4, -0.2) is 5.75 Å². The van der Waals surface area contributed by atoms with Gasteiger partial charge in [0.2, 0.25) is 0 Å². The van der Waals surface area contributed by atoms with Crippen molar-refractivity contribution in [3.63, 3.8) is 0 Å². The molecular weight excluding hydrogens is 233 g/mol. The van der Waals surface area contributed by atoms with Crippen LogP contribution in [0.4, 0.5) is 4.39 Å². The maximum absolute atomic E-state index is 12.7. The third-order valence-corrected chi connectivity index (χ3v) is 3.52. The van der Waals surface area contributed by atoms with E-state index >= 15 is 0 Å². The van der Waals surface area contributed by atoms with Gasteiger partial charge in [0, 0.05) is 29.2 Å². The number of nitrogens with one attached hydrogen (secondary N) is 1. The highest BCUT2D eigenvalue weighted by Gasteiger charge is 1.99. The standard InChI is InChI=1S/C14H14FNS/c1-11-2-3-12(10-16-11)8-9-17-14-6-4-13(15)5-7-14/h2-7,10H,8-9H2,1H3/p+1. The Balaban J connectivity index is 1.83. The predicted octanol–water partition coefficient (Wildman–Crippen LogP) is 3.28. The number of H-pyrrole nitrogens is 1. The number of hydrogen-bond acceptors (Lipinski definition) is 1. The van der Waals surface area contributed by atoms with Gasteiger partial charge in [-0.15, -0.1) is 11.8 Å². The molecule has 3 heteroatoms. The summed E-state index contributed by atoms with van der Waals surface area (Å²) >= 11 is 1.75. The number of pyridine rings is 1. The van der Waals surface area contributed by atoms with E-state index in [1.165, 1.54) is 23.4 Å². The fourth-order valence-electron chi connectivity index (χ4n) is 1.51. The number of benzene rings is 1. The number of hydrogen-bond donors (Lipinski definition) is 0. The third-order valence-electron chi connectivity index (χ3n) is 2.51. The molecule has 17 heavy (non-hydrogen) atoms. The lowest BCUT2D eigenvalue weighted by molar-refractivity contribution is -0.388. The van der Waals surface area contributed by atoms with Crippen LogP contribution in [0.2, 0.25) is 0 Å². The maximum Gasteiger partial charge on any atom is 0.176 e. The Morgan fingerprint density at radius 1 is 1.12 bits per heavy atom. The molecule has 0 bridgehead atoms. The summed E-state index contributed by atoms with van der Waals surface area (Å²) in [5, 5.41) is 0. The first-order chi connectivity index (χ1) is 8.24. The summed E-state index contributed by atoms with van der Waals surface area (Å²) in [5.41, 5.74) is 2.46. The zero-order valence-corrected chi connectivity index (χ0v) is 10.6. The van der Waals surface area contributed by atoms with E-state index in [1.54, 1.807) is 11.8 Å². The van der Waals surface area contributed by atoms with E-state index in [0.717, 1.165) is 17.1 Å². The minimum atomic E-state index is -0.178. The van der Waals surface area contributed by atoms with Crippen molar-refractivity contribution in [3.05, 3.63) is 59.7 Å². The monoisotopic (exact) mass is 248 g/mol. The molecule has 0 radical (unpaired) electrons. The fourth-order valence-corrected chi connectivity index (χ4v) is 2.41. The van der Waals surface area contributed by atoms with Crippen molar-refractivity contribution >= 4 is 11.8 Å². The van der Waals surface area contributed by atoms with Crippen LogP contribution in [0, 0.1) is 12.7 Å². The summed E-state index contributed by atoms with van der Waals surface area (Å²) in [5.74, 6) is 0.824. The minimum absolute atomic E-state index is 0.178. The highest BCUT2D eigenvalue weighted by Crippen LogP contribution is 2.19. The lowest BCUT2D eigenvalue weighted by Gasteiger charge is -2.00. The molecule has 1 aromatic heterocycles. The lowest BCUT2D eigenvalue weighted by atomic mass is 10.2. The van der Waals surface area contributed by atoms with Gasteiger partial charge in [0.15, 0.2) is 11.9 Å². The van der Waals surface area contributed by atoms with Gasteiger partial charge in [0.1, 0.15) is 5.82 Å². The molecule has 1 N–H and O–H groups in total. The molecule has 1 nitrogen and oxygen atoms in total. The summed E-state index contributed by atoms with van der Waals surface area (Å²) in [6, 6.07) is 10.9. The zero-order chi connectivity index (χ0) is 12.1. The predicted molar refractivity (Wildman–Crippen MR) is 68.6 cm³/mol. The van der Waals surface area contributed by atoms with Crippen molar-refractivity contribution in [1.82, 2.24) is 0 Å². The zero-order valence-electron chi connectivity index (χ0n) is 9.74. The van der Waals surface area contributed by atoms with E-state index < -0.39 is 0 Å². The van der Waals surface area contributed by atoms with Crippen LogP contribution < -0.4 is 4.98 Å². The van der Waals surface area contributed by atoms with E-state index in [9.17, 15) is 4.39 Å². The van der Waals surface area contributed by atoms with E-state index in [-0.39, 0.29) is 5.82 Å². The van der Waals surface area contributed by atoms with Crippen LogP contribution in [0.1, 0.15) is 11.3 Å². The van der Waals surface area contributed by atoms with Crippen LogP contribution in [0.25, 0.3) is 0 Å². The van der Waals surface area contributed by atoms with Gasteiger partial charge in [0.25, 0.3) is 0 Å². The first-order valence-electron chi connectivity index (χ1n) is 5.59. The second-order valence-corrected chi connectivity index (χ2v) is 5.10. The number of aryl methyl sites for hydroxylation is 2. The second-order valence-electron chi connectivity index (χ2n) is 3.93. The SMILES string of the molecule is Cc1ccc(CCSc2ccc(F)cc2)c[nH+]1. The molecule has 0 fully saturated rings. The average Bonchev–Trinajstić information content (AvgIpc) is 2.34. The molecule has 0 aliphatic rings. The van der Waals surface area contributed by atoms with Gasteiger partial charge in [0.05, 0.1) is 0 Å². The molecule has 88 valence electrons. The Morgan fingerprint density at radius 2 is 1.88 bits per heavy atom. The van der Waals surface area contributed by atoms with Crippen LogP contribution in [0.5, 0.6) is 0 Å². The van der Waals surface area contributed by atoms with Crippen molar-refractivity contribution in [2.75, 3.05) is 5.75 Å². The Bertz CT molecular complexity index is 419. The maximum atomic E-state index is 12.7. The van der Waals surface area contributed by atoms with Crippen molar-refractivity contribution in [2.45, 2.75) is 18.2 Å². The first-order valence-corrected chi connectivity index (χ1v) is 6.58. The molecule has 2 aromatic rings. The van der Waals surface area contributed by atoms with Crippen molar-refractivity contribution in [3.8, 4) is 0 Å². The normalized spacial score (nSPS) is 10.5. The molecule has 0 amide bonds. The Hall–Kier alpha value is -1.35. The Kier molecular flexibility index (Phi) is 4.15. The van der Waals surface area contributed by atoms with Crippen molar-refractivity contribution in [1.29, 1.82) is 0 Å². The number of halogens is 1. The van der Waals surface area contributed by atoms with Crippen LogP contribution >= 0.6 is 11.8 Å². The molecule has 1 aromatic carbocycles. The van der Waals surface area contributed by atoms with E-state index in [1.807, 2.05) is 25.3 Å². The highest BCUT2D eigenvalue weighted by atomic mass is 32.2. The molecule has 2 rings (SSSR count). The largest absolute Gasteiger partial charge is 0.215 e. The molecule has 0 spiro atoms. The van der Waals surface area contributed by atoms with E-state index in [2.05, 4.69) is 17.1 Å². The number of thioether (sulfide) groups is 1. The second kappa shape index (κ2) is 5.82. The molecule has 0 saturated carbocycles. The summed E-state index contributed by atoms with van der Waals surface area (Å²) < 4.78 is 12.7. The number of aromatic amines is 1. The van der Waals surface area contributed by atoms with Gasteiger partial charge < -0.3 is 0 Å². The van der Waals surface area contributed by atoms with Crippen LogP contribution in [0.3, 0.4) is 0 Å². The lowest BCUT2D eigenvalue weighted by Crippen LogP contribution is -2.07. The van der Waals surface area contributed by atoms with Crippen LogP contribution in [-0.2, 0) is 6.42 Å². The number of rotatable bonds is 4. The summed E-state index contributed by atoms with van der Waals surface area (Å²) in [6.07, 6.45) is 3.05. The minimum Gasteiger partial charge on any atom is -0.215 e.